The minimum absolute atomic E-state index is 0.318. The van der Waals surface area contributed by atoms with E-state index in [-0.39, 0.29) is 0 Å². The molecule has 1 aromatic rings. The highest BCUT2D eigenvalue weighted by Gasteiger charge is 2.15. The molecule has 1 aliphatic heterocycles. The molecule has 84 valence electrons. The Morgan fingerprint density at radius 3 is 3.00 bits per heavy atom. The first-order chi connectivity index (χ1) is 7.38. The zero-order valence-electron chi connectivity index (χ0n) is 8.78. The van der Waals surface area contributed by atoms with E-state index in [2.05, 4.69) is 12.1 Å². The van der Waals surface area contributed by atoms with Gasteiger partial charge in [0.05, 0.1) is 19.3 Å². The lowest BCUT2D eigenvalue weighted by Crippen LogP contribution is -2.13. The molecular formula is C11H17NO2S. The van der Waals surface area contributed by atoms with Gasteiger partial charge in [-0.3, -0.25) is 0 Å². The lowest BCUT2D eigenvalue weighted by molar-refractivity contribution is 0.0114. The van der Waals surface area contributed by atoms with Crippen LogP contribution in [0, 0.1) is 0 Å². The fraction of sp³-hybridized carbons (Fsp3) is 0.636. The van der Waals surface area contributed by atoms with E-state index in [4.69, 9.17) is 15.2 Å². The van der Waals surface area contributed by atoms with Crippen molar-refractivity contribution in [1.82, 2.24) is 0 Å². The molecule has 0 aliphatic carbocycles. The van der Waals surface area contributed by atoms with Gasteiger partial charge in [0.2, 0.25) is 0 Å². The molecular weight excluding hydrogens is 210 g/mol. The molecule has 4 heteroatoms. The zero-order chi connectivity index (χ0) is 10.5. The zero-order valence-corrected chi connectivity index (χ0v) is 9.59. The van der Waals surface area contributed by atoms with Crippen LogP contribution in [0.15, 0.2) is 12.1 Å². The third-order valence-corrected chi connectivity index (χ3v) is 3.57. The largest absolute Gasteiger partial charge is 0.376 e. The Balaban J connectivity index is 1.68. The third-order valence-electron chi connectivity index (χ3n) is 2.49. The molecule has 1 saturated heterocycles. The number of hydrogen-bond donors (Lipinski definition) is 1. The van der Waals surface area contributed by atoms with Crippen molar-refractivity contribution in [2.75, 3.05) is 13.2 Å². The maximum Gasteiger partial charge on any atom is 0.0810 e. The molecule has 3 nitrogen and oxygen atoms in total. The van der Waals surface area contributed by atoms with Crippen LogP contribution in [0.1, 0.15) is 22.6 Å². The van der Waals surface area contributed by atoms with Crippen LogP contribution in [0.3, 0.4) is 0 Å². The van der Waals surface area contributed by atoms with E-state index < -0.39 is 0 Å². The summed E-state index contributed by atoms with van der Waals surface area (Å²) in [5.74, 6) is 0. The van der Waals surface area contributed by atoms with Crippen LogP contribution in [0.5, 0.6) is 0 Å². The summed E-state index contributed by atoms with van der Waals surface area (Å²) in [6.07, 6.45) is 2.63. The molecule has 2 heterocycles. The number of rotatable bonds is 5. The van der Waals surface area contributed by atoms with E-state index in [0.717, 1.165) is 19.6 Å². The van der Waals surface area contributed by atoms with E-state index in [1.807, 2.05) is 0 Å². The molecule has 2 rings (SSSR count). The molecule has 1 fully saturated rings. The Labute approximate surface area is 94.2 Å². The molecule has 1 atom stereocenters. The van der Waals surface area contributed by atoms with Gasteiger partial charge in [-0.15, -0.1) is 11.3 Å². The Kier molecular flexibility index (Phi) is 4.14. The van der Waals surface area contributed by atoms with Gasteiger partial charge in [0, 0.05) is 22.9 Å². The Morgan fingerprint density at radius 1 is 1.47 bits per heavy atom. The van der Waals surface area contributed by atoms with Crippen LogP contribution >= 0.6 is 11.3 Å². The quantitative estimate of drug-likeness (QED) is 0.835. The van der Waals surface area contributed by atoms with Gasteiger partial charge in [0.25, 0.3) is 0 Å². The molecule has 0 spiro atoms. The van der Waals surface area contributed by atoms with E-state index in [9.17, 15) is 0 Å². The third kappa shape index (κ3) is 3.28. The van der Waals surface area contributed by atoms with Crippen molar-refractivity contribution in [3.05, 3.63) is 21.9 Å². The fourth-order valence-corrected chi connectivity index (χ4v) is 2.51. The molecule has 1 aliphatic rings. The Morgan fingerprint density at radius 2 is 2.33 bits per heavy atom. The maximum absolute atomic E-state index is 5.61. The first kappa shape index (κ1) is 11.1. The van der Waals surface area contributed by atoms with Gasteiger partial charge in [0.1, 0.15) is 0 Å². The second-order valence-corrected chi connectivity index (χ2v) is 4.98. The highest BCUT2D eigenvalue weighted by atomic mass is 32.1. The molecule has 2 N–H and O–H groups in total. The molecule has 0 saturated carbocycles. The second kappa shape index (κ2) is 5.61. The lowest BCUT2D eigenvalue weighted by atomic mass is 10.2. The lowest BCUT2D eigenvalue weighted by Gasteiger charge is -2.08. The first-order valence-corrected chi connectivity index (χ1v) is 6.17. The van der Waals surface area contributed by atoms with Crippen molar-refractivity contribution in [2.45, 2.75) is 32.1 Å². The molecule has 0 amide bonds. The fourth-order valence-electron chi connectivity index (χ4n) is 1.68. The standard InChI is InChI=1S/C11H17NO2S/c12-6-10-3-4-11(15-10)8-13-7-9-2-1-5-14-9/h3-4,9H,1-2,5-8,12H2. The SMILES string of the molecule is NCc1ccc(COCC2CCCO2)s1. The Bertz CT molecular complexity index is 295. The van der Waals surface area contributed by atoms with Gasteiger partial charge in [-0.2, -0.15) is 0 Å². The average molecular weight is 227 g/mol. The van der Waals surface area contributed by atoms with Gasteiger partial charge in [-0.1, -0.05) is 0 Å². The van der Waals surface area contributed by atoms with Crippen molar-refractivity contribution in [1.29, 1.82) is 0 Å². The van der Waals surface area contributed by atoms with Gasteiger partial charge in [0.15, 0.2) is 0 Å². The second-order valence-electron chi connectivity index (χ2n) is 3.72. The normalized spacial score (nSPS) is 21.0. The predicted molar refractivity (Wildman–Crippen MR) is 60.8 cm³/mol. The van der Waals surface area contributed by atoms with Crippen LogP contribution in [0.4, 0.5) is 0 Å². The van der Waals surface area contributed by atoms with Crippen LogP contribution in [-0.4, -0.2) is 19.3 Å². The van der Waals surface area contributed by atoms with Crippen LogP contribution in [-0.2, 0) is 22.6 Å². The van der Waals surface area contributed by atoms with E-state index in [0.29, 0.717) is 19.3 Å². The van der Waals surface area contributed by atoms with E-state index in [1.165, 1.54) is 16.2 Å². The molecule has 1 aromatic heterocycles. The van der Waals surface area contributed by atoms with Gasteiger partial charge >= 0.3 is 0 Å². The number of thiophene rings is 1. The maximum atomic E-state index is 5.61. The van der Waals surface area contributed by atoms with Crippen molar-refractivity contribution in [3.63, 3.8) is 0 Å². The minimum Gasteiger partial charge on any atom is -0.376 e. The van der Waals surface area contributed by atoms with Crippen LogP contribution in [0.2, 0.25) is 0 Å². The van der Waals surface area contributed by atoms with Gasteiger partial charge in [-0.25, -0.2) is 0 Å². The number of hydrogen-bond acceptors (Lipinski definition) is 4. The van der Waals surface area contributed by atoms with Crippen molar-refractivity contribution < 1.29 is 9.47 Å². The van der Waals surface area contributed by atoms with Crippen molar-refractivity contribution in [3.8, 4) is 0 Å². The Hall–Kier alpha value is -0.420. The molecule has 0 bridgehead atoms. The summed E-state index contributed by atoms with van der Waals surface area (Å²) in [4.78, 5) is 2.46. The topological polar surface area (TPSA) is 44.5 Å². The smallest absolute Gasteiger partial charge is 0.0810 e. The van der Waals surface area contributed by atoms with Crippen molar-refractivity contribution >= 4 is 11.3 Å². The van der Waals surface area contributed by atoms with Gasteiger partial charge in [-0.05, 0) is 25.0 Å². The summed E-state index contributed by atoms with van der Waals surface area (Å²) in [7, 11) is 0. The molecule has 0 aromatic carbocycles. The van der Waals surface area contributed by atoms with Crippen LogP contribution in [0.25, 0.3) is 0 Å². The molecule has 0 radical (unpaired) electrons. The van der Waals surface area contributed by atoms with Crippen molar-refractivity contribution in [2.24, 2.45) is 5.73 Å². The minimum atomic E-state index is 0.318. The number of ether oxygens (including phenoxy) is 2. The number of nitrogens with two attached hydrogens (primary N) is 1. The van der Waals surface area contributed by atoms with Crippen LogP contribution < -0.4 is 5.73 Å². The highest BCUT2D eigenvalue weighted by molar-refractivity contribution is 7.11. The summed E-state index contributed by atoms with van der Waals surface area (Å²) in [6.45, 7) is 2.92. The highest BCUT2D eigenvalue weighted by Crippen LogP contribution is 2.18. The van der Waals surface area contributed by atoms with E-state index in [1.54, 1.807) is 11.3 Å². The van der Waals surface area contributed by atoms with E-state index >= 15 is 0 Å². The van der Waals surface area contributed by atoms with Gasteiger partial charge < -0.3 is 15.2 Å². The molecule has 15 heavy (non-hydrogen) atoms. The summed E-state index contributed by atoms with van der Waals surface area (Å²) in [5.41, 5.74) is 5.54. The summed E-state index contributed by atoms with van der Waals surface area (Å²) in [6, 6.07) is 4.15. The predicted octanol–water partition coefficient (Wildman–Crippen LogP) is 1.90. The first-order valence-electron chi connectivity index (χ1n) is 5.35. The monoisotopic (exact) mass is 227 g/mol. The summed E-state index contributed by atoms with van der Waals surface area (Å²) >= 11 is 1.72. The summed E-state index contributed by atoms with van der Waals surface area (Å²) < 4.78 is 11.1. The average Bonchev–Trinajstić information content (AvgIpc) is 2.88. The molecule has 1 unspecified atom stereocenters. The summed E-state index contributed by atoms with van der Waals surface area (Å²) in [5, 5.41) is 0.